The van der Waals surface area contributed by atoms with Gasteiger partial charge in [-0.15, -0.1) is 0 Å². The minimum Gasteiger partial charge on any atom is -0.399 e. The van der Waals surface area contributed by atoms with Crippen molar-refractivity contribution < 1.29 is 26.1 Å². The Hall–Kier alpha value is -1.34. The molecule has 0 saturated carbocycles. The van der Waals surface area contributed by atoms with E-state index in [4.69, 9.17) is 9.31 Å². The van der Waals surface area contributed by atoms with Crippen LogP contribution in [-0.4, -0.2) is 57.6 Å². The van der Waals surface area contributed by atoms with E-state index in [9.17, 15) is 16.8 Å². The number of hydrogen-bond acceptors (Lipinski definition) is 8. The second kappa shape index (κ2) is 9.13. The van der Waals surface area contributed by atoms with E-state index in [1.165, 1.54) is 12.4 Å². The van der Waals surface area contributed by atoms with Crippen LogP contribution >= 0.6 is 15.9 Å². The molecule has 2 aromatic rings. The Balaban J connectivity index is 0.000000258. The fourth-order valence-corrected chi connectivity index (χ4v) is 5.22. The van der Waals surface area contributed by atoms with Crippen LogP contribution in [0.25, 0.3) is 0 Å². The summed E-state index contributed by atoms with van der Waals surface area (Å²) in [6, 6.07) is 3.48. The van der Waals surface area contributed by atoms with Gasteiger partial charge in [0.1, 0.15) is 0 Å². The number of hydrogen-bond donors (Lipinski definition) is 0. The number of aryl methyl sites for hydroxylation is 2. The lowest BCUT2D eigenvalue weighted by atomic mass is 9.80. The molecule has 0 aliphatic carbocycles. The summed E-state index contributed by atoms with van der Waals surface area (Å²) in [5.41, 5.74) is 1.13. The Kier molecular flexibility index (Phi) is 7.68. The molecule has 2 aromatic heterocycles. The fourth-order valence-electron chi connectivity index (χ4n) is 3.00. The van der Waals surface area contributed by atoms with Crippen LogP contribution in [0.3, 0.4) is 0 Å². The smallest absolute Gasteiger partial charge is 0.399 e. The van der Waals surface area contributed by atoms with Crippen molar-refractivity contribution in [1.82, 2.24) is 9.97 Å². The van der Waals surface area contributed by atoms with Crippen LogP contribution < -0.4 is 5.46 Å². The van der Waals surface area contributed by atoms with Crippen molar-refractivity contribution in [3.8, 4) is 0 Å². The molecule has 1 saturated heterocycles. The zero-order valence-corrected chi connectivity index (χ0v) is 22.6. The van der Waals surface area contributed by atoms with E-state index in [1.807, 2.05) is 27.7 Å². The van der Waals surface area contributed by atoms with E-state index >= 15 is 0 Å². The normalized spacial score (nSPS) is 17.6. The molecule has 1 aliphatic heterocycles. The van der Waals surface area contributed by atoms with Crippen molar-refractivity contribution in [2.45, 2.75) is 62.8 Å². The van der Waals surface area contributed by atoms with Gasteiger partial charge in [0.25, 0.3) is 0 Å². The maximum Gasteiger partial charge on any atom is 0.496 e. The highest BCUT2D eigenvalue weighted by molar-refractivity contribution is 9.10. The van der Waals surface area contributed by atoms with Gasteiger partial charge in [0, 0.05) is 34.8 Å². The third-order valence-electron chi connectivity index (χ3n) is 5.28. The number of rotatable bonds is 3. The Labute approximate surface area is 199 Å². The van der Waals surface area contributed by atoms with Crippen LogP contribution in [0.4, 0.5) is 0 Å². The summed E-state index contributed by atoms with van der Waals surface area (Å²) < 4.78 is 57.9. The minimum atomic E-state index is -3.31. The van der Waals surface area contributed by atoms with Crippen LogP contribution in [0.5, 0.6) is 0 Å². The van der Waals surface area contributed by atoms with E-state index in [0.717, 1.165) is 22.4 Å². The summed E-state index contributed by atoms with van der Waals surface area (Å²) in [6.07, 6.45) is 5.28. The molecule has 3 rings (SSSR count). The van der Waals surface area contributed by atoms with E-state index in [-0.39, 0.29) is 10.1 Å². The maximum atomic E-state index is 11.6. The molecule has 0 amide bonds. The lowest BCUT2D eigenvalue weighted by molar-refractivity contribution is 0.00578. The van der Waals surface area contributed by atoms with Crippen LogP contribution in [0, 0.1) is 13.8 Å². The number of sulfone groups is 2. The van der Waals surface area contributed by atoms with Gasteiger partial charge in [-0.25, -0.2) is 26.8 Å². The van der Waals surface area contributed by atoms with Crippen molar-refractivity contribution in [1.29, 1.82) is 0 Å². The molecule has 8 nitrogen and oxygen atoms in total. The Morgan fingerprint density at radius 2 is 1.22 bits per heavy atom. The molecule has 3 heterocycles. The molecule has 1 fully saturated rings. The zero-order chi connectivity index (χ0) is 24.7. The quantitative estimate of drug-likeness (QED) is 0.540. The summed E-state index contributed by atoms with van der Waals surface area (Å²) in [6.45, 7) is 11.3. The first-order valence-corrected chi connectivity index (χ1v) is 14.3. The van der Waals surface area contributed by atoms with Crippen LogP contribution in [0.15, 0.2) is 39.1 Å². The molecule has 0 unspecified atom stereocenters. The monoisotopic (exact) mass is 546 g/mol. The van der Waals surface area contributed by atoms with E-state index in [1.54, 1.807) is 26.0 Å². The van der Waals surface area contributed by atoms with Gasteiger partial charge in [0.2, 0.25) is 0 Å². The molecule has 12 heteroatoms. The third-order valence-corrected chi connectivity index (χ3v) is 7.97. The number of pyridine rings is 2. The van der Waals surface area contributed by atoms with E-state index < -0.39 is 38.0 Å². The number of aromatic nitrogens is 2. The average molecular weight is 547 g/mol. The summed E-state index contributed by atoms with van der Waals surface area (Å²) in [4.78, 5) is 7.86. The van der Waals surface area contributed by atoms with Crippen LogP contribution in [0.2, 0.25) is 0 Å². The molecule has 176 valence electrons. The van der Waals surface area contributed by atoms with Crippen molar-refractivity contribution in [3.63, 3.8) is 0 Å². The number of halogens is 1. The molecule has 1 aliphatic rings. The second-order valence-electron chi connectivity index (χ2n) is 8.80. The fraction of sp³-hybridized carbons (Fsp3) is 0.500. The standard InChI is InChI=1S/C13H20BNO4S.C7H8BrNO2S/c1-9-7-10(8-15-11(9)20(6,16)17)14-18-12(2,3)13(4,5)19-14;1-5-3-6(8)4-9-7(5)12(2,10)11/h7-8H,1-6H3;3-4H,1-2H3. The predicted octanol–water partition coefficient (Wildman–Crippen LogP) is 2.65. The Morgan fingerprint density at radius 3 is 1.59 bits per heavy atom. The van der Waals surface area contributed by atoms with E-state index in [0.29, 0.717) is 11.1 Å². The summed E-state index contributed by atoms with van der Waals surface area (Å²) in [7, 11) is -7.02. The highest BCUT2D eigenvalue weighted by Crippen LogP contribution is 2.36. The van der Waals surface area contributed by atoms with Crippen LogP contribution in [-0.2, 0) is 29.0 Å². The molecule has 0 bridgehead atoms. The zero-order valence-electron chi connectivity index (χ0n) is 19.4. The minimum absolute atomic E-state index is 0.0952. The summed E-state index contributed by atoms with van der Waals surface area (Å²) in [5.74, 6) is 0. The first-order chi connectivity index (χ1) is 14.3. The number of nitrogens with zero attached hydrogens (tertiary/aromatic N) is 2. The van der Waals surface area contributed by atoms with Gasteiger partial charge in [-0.05, 0) is 74.7 Å². The molecule has 0 N–H and O–H groups in total. The topological polar surface area (TPSA) is 113 Å². The molecule has 0 aromatic carbocycles. The van der Waals surface area contributed by atoms with Crippen molar-refractivity contribution in [3.05, 3.63) is 40.1 Å². The second-order valence-corrected chi connectivity index (χ2v) is 13.6. The molecule has 0 radical (unpaired) electrons. The summed E-state index contributed by atoms with van der Waals surface area (Å²) in [5, 5.41) is 0.239. The van der Waals surface area contributed by atoms with Crippen LogP contribution in [0.1, 0.15) is 38.8 Å². The molecule has 0 atom stereocenters. The Bertz CT molecular complexity index is 1210. The van der Waals surface area contributed by atoms with Gasteiger partial charge < -0.3 is 9.31 Å². The molecule has 32 heavy (non-hydrogen) atoms. The average Bonchev–Trinajstić information content (AvgIpc) is 2.80. The predicted molar refractivity (Wildman–Crippen MR) is 128 cm³/mol. The highest BCUT2D eigenvalue weighted by Gasteiger charge is 2.51. The van der Waals surface area contributed by atoms with Crippen molar-refractivity contribution in [2.24, 2.45) is 0 Å². The van der Waals surface area contributed by atoms with Gasteiger partial charge in [0.05, 0.1) is 11.2 Å². The largest absolute Gasteiger partial charge is 0.496 e. The SMILES string of the molecule is Cc1cc(B2OC(C)(C)C(C)(C)O2)cnc1S(C)(=O)=O.Cc1cc(Br)cnc1S(C)(=O)=O. The lowest BCUT2D eigenvalue weighted by Gasteiger charge is -2.32. The lowest BCUT2D eigenvalue weighted by Crippen LogP contribution is -2.41. The Morgan fingerprint density at radius 1 is 0.812 bits per heavy atom. The molecular formula is C20H28BBrN2O6S2. The first kappa shape index (κ1) is 26.9. The van der Waals surface area contributed by atoms with Gasteiger partial charge in [-0.1, -0.05) is 6.07 Å². The van der Waals surface area contributed by atoms with Crippen molar-refractivity contribution in [2.75, 3.05) is 12.5 Å². The van der Waals surface area contributed by atoms with Crippen molar-refractivity contribution >= 4 is 48.2 Å². The van der Waals surface area contributed by atoms with Gasteiger partial charge >= 0.3 is 7.12 Å². The van der Waals surface area contributed by atoms with Gasteiger partial charge in [-0.3, -0.25) is 0 Å². The molecular weight excluding hydrogens is 519 g/mol. The van der Waals surface area contributed by atoms with Gasteiger partial charge in [0.15, 0.2) is 29.7 Å². The van der Waals surface area contributed by atoms with Gasteiger partial charge in [-0.2, -0.15) is 0 Å². The third kappa shape index (κ3) is 6.16. The first-order valence-electron chi connectivity index (χ1n) is 9.69. The molecule has 0 spiro atoms. The van der Waals surface area contributed by atoms with E-state index in [2.05, 4.69) is 25.9 Å². The summed E-state index contributed by atoms with van der Waals surface area (Å²) >= 11 is 3.21. The maximum absolute atomic E-state index is 11.6. The highest BCUT2D eigenvalue weighted by atomic mass is 79.9.